The Morgan fingerprint density at radius 3 is 3.05 bits per heavy atom. The van der Waals surface area contributed by atoms with E-state index in [2.05, 4.69) is 17.4 Å². The summed E-state index contributed by atoms with van der Waals surface area (Å²) in [4.78, 5) is 12.0. The molecule has 1 unspecified atom stereocenters. The Morgan fingerprint density at radius 1 is 1.45 bits per heavy atom. The standard InChI is InChI=1S/C16H22ClNO2/c1-20-13-9-8-12-5-4-6-15(14(12)11-13)18-16(19)7-2-3-10-17/h8-9,11,15H,2-7,10H2,1H3,(H,18,19). The van der Waals surface area contributed by atoms with Crippen LogP contribution in [0.25, 0.3) is 0 Å². The first kappa shape index (κ1) is 15.2. The summed E-state index contributed by atoms with van der Waals surface area (Å²) < 4.78 is 5.29. The maximum absolute atomic E-state index is 12.0. The molecule has 110 valence electrons. The minimum absolute atomic E-state index is 0.121. The van der Waals surface area contributed by atoms with Crippen molar-refractivity contribution in [3.8, 4) is 5.75 Å². The fourth-order valence-electron chi connectivity index (χ4n) is 2.70. The number of halogens is 1. The van der Waals surface area contributed by atoms with E-state index >= 15 is 0 Å². The molecule has 2 rings (SSSR count). The summed E-state index contributed by atoms with van der Waals surface area (Å²) in [5.41, 5.74) is 2.53. The highest BCUT2D eigenvalue weighted by atomic mass is 35.5. The molecule has 1 N–H and O–H groups in total. The van der Waals surface area contributed by atoms with Crippen LogP contribution < -0.4 is 10.1 Å². The molecular formula is C16H22ClNO2. The predicted octanol–water partition coefficient (Wildman–Crippen LogP) is 3.60. The molecule has 0 saturated heterocycles. The van der Waals surface area contributed by atoms with Gasteiger partial charge in [-0.1, -0.05) is 6.07 Å². The molecule has 20 heavy (non-hydrogen) atoms. The minimum Gasteiger partial charge on any atom is -0.497 e. The Balaban J connectivity index is 2.02. The molecule has 0 aliphatic heterocycles. The molecule has 4 heteroatoms. The third kappa shape index (κ3) is 3.89. The van der Waals surface area contributed by atoms with E-state index in [1.54, 1.807) is 7.11 Å². The van der Waals surface area contributed by atoms with E-state index in [9.17, 15) is 4.79 Å². The Kier molecular flexibility index (Phi) is 5.72. The van der Waals surface area contributed by atoms with Crippen molar-refractivity contribution in [2.75, 3.05) is 13.0 Å². The van der Waals surface area contributed by atoms with Crippen LogP contribution in [-0.4, -0.2) is 18.9 Å². The molecule has 0 bridgehead atoms. The molecule has 1 aromatic rings. The maximum Gasteiger partial charge on any atom is 0.220 e. The summed E-state index contributed by atoms with van der Waals surface area (Å²) in [6, 6.07) is 6.28. The fourth-order valence-corrected chi connectivity index (χ4v) is 2.89. The fraction of sp³-hybridized carbons (Fsp3) is 0.562. The maximum atomic E-state index is 12.0. The minimum atomic E-state index is 0.121. The number of hydrogen-bond acceptors (Lipinski definition) is 2. The molecule has 0 radical (unpaired) electrons. The molecule has 3 nitrogen and oxygen atoms in total. The van der Waals surface area contributed by atoms with Gasteiger partial charge in [0.2, 0.25) is 5.91 Å². The van der Waals surface area contributed by atoms with Gasteiger partial charge in [0.25, 0.3) is 0 Å². The SMILES string of the molecule is COc1ccc2c(c1)C(NC(=O)CCCCCl)CCC2. The van der Waals surface area contributed by atoms with E-state index < -0.39 is 0 Å². The average molecular weight is 296 g/mol. The lowest BCUT2D eigenvalue weighted by Crippen LogP contribution is -2.30. The third-order valence-electron chi connectivity index (χ3n) is 3.79. The molecule has 0 fully saturated rings. The van der Waals surface area contributed by atoms with Gasteiger partial charge >= 0.3 is 0 Å². The number of amides is 1. The molecule has 0 aromatic heterocycles. The lowest BCUT2D eigenvalue weighted by molar-refractivity contribution is -0.122. The largest absolute Gasteiger partial charge is 0.497 e. The van der Waals surface area contributed by atoms with E-state index in [1.807, 2.05) is 6.07 Å². The Morgan fingerprint density at radius 2 is 2.30 bits per heavy atom. The number of ether oxygens (including phenoxy) is 1. The zero-order valence-corrected chi connectivity index (χ0v) is 12.7. The van der Waals surface area contributed by atoms with Gasteiger partial charge in [-0.2, -0.15) is 0 Å². The van der Waals surface area contributed by atoms with Crippen molar-refractivity contribution in [2.24, 2.45) is 0 Å². The third-order valence-corrected chi connectivity index (χ3v) is 4.06. The van der Waals surface area contributed by atoms with Gasteiger partial charge in [0, 0.05) is 12.3 Å². The summed E-state index contributed by atoms with van der Waals surface area (Å²) in [7, 11) is 1.67. The molecule has 1 aliphatic rings. The highest BCUT2D eigenvalue weighted by molar-refractivity contribution is 6.17. The number of rotatable bonds is 6. The second-order valence-electron chi connectivity index (χ2n) is 5.22. The summed E-state index contributed by atoms with van der Waals surface area (Å²) in [5.74, 6) is 1.60. The number of aryl methyl sites for hydroxylation is 1. The number of unbranched alkanes of at least 4 members (excludes halogenated alkanes) is 1. The van der Waals surface area contributed by atoms with Crippen LogP contribution >= 0.6 is 11.6 Å². The number of carbonyl (C=O) groups excluding carboxylic acids is 1. The zero-order chi connectivity index (χ0) is 14.4. The Bertz CT molecular complexity index is 462. The van der Waals surface area contributed by atoms with Crippen LogP contribution in [0.3, 0.4) is 0 Å². The van der Waals surface area contributed by atoms with Crippen molar-refractivity contribution >= 4 is 17.5 Å². The second kappa shape index (κ2) is 7.53. The number of methoxy groups -OCH3 is 1. The van der Waals surface area contributed by atoms with Gasteiger partial charge in [-0.15, -0.1) is 11.6 Å². The number of hydrogen-bond donors (Lipinski definition) is 1. The lowest BCUT2D eigenvalue weighted by atomic mass is 9.87. The van der Waals surface area contributed by atoms with Gasteiger partial charge in [0.15, 0.2) is 0 Å². The lowest BCUT2D eigenvalue weighted by Gasteiger charge is -2.27. The molecule has 0 spiro atoms. The predicted molar refractivity (Wildman–Crippen MR) is 81.4 cm³/mol. The summed E-state index contributed by atoms with van der Waals surface area (Å²) in [6.07, 6.45) is 5.50. The van der Waals surface area contributed by atoms with Crippen molar-refractivity contribution in [3.63, 3.8) is 0 Å². The van der Waals surface area contributed by atoms with Gasteiger partial charge in [0.05, 0.1) is 13.2 Å². The number of nitrogens with one attached hydrogen (secondary N) is 1. The van der Waals surface area contributed by atoms with E-state index in [4.69, 9.17) is 16.3 Å². The monoisotopic (exact) mass is 295 g/mol. The summed E-state index contributed by atoms with van der Waals surface area (Å²) in [6.45, 7) is 0. The first-order chi connectivity index (χ1) is 9.74. The van der Waals surface area contributed by atoms with Gasteiger partial charge in [0.1, 0.15) is 5.75 Å². The van der Waals surface area contributed by atoms with Crippen molar-refractivity contribution in [1.29, 1.82) is 0 Å². The first-order valence-electron chi connectivity index (χ1n) is 7.26. The van der Waals surface area contributed by atoms with Gasteiger partial charge < -0.3 is 10.1 Å². The molecule has 1 amide bonds. The quantitative estimate of drug-likeness (QED) is 0.643. The highest BCUT2D eigenvalue weighted by Crippen LogP contribution is 2.32. The number of benzene rings is 1. The van der Waals surface area contributed by atoms with Crippen molar-refractivity contribution in [2.45, 2.75) is 44.6 Å². The van der Waals surface area contributed by atoms with Crippen molar-refractivity contribution in [3.05, 3.63) is 29.3 Å². The average Bonchev–Trinajstić information content (AvgIpc) is 2.47. The topological polar surface area (TPSA) is 38.3 Å². The highest BCUT2D eigenvalue weighted by Gasteiger charge is 2.22. The molecule has 1 atom stereocenters. The van der Waals surface area contributed by atoms with Crippen LogP contribution in [0.2, 0.25) is 0 Å². The smallest absolute Gasteiger partial charge is 0.220 e. The number of fused-ring (bicyclic) bond motifs is 1. The molecule has 1 aromatic carbocycles. The molecule has 1 aliphatic carbocycles. The summed E-state index contributed by atoms with van der Waals surface area (Å²) in [5, 5.41) is 3.15. The van der Waals surface area contributed by atoms with Gasteiger partial charge in [-0.25, -0.2) is 0 Å². The zero-order valence-electron chi connectivity index (χ0n) is 12.0. The second-order valence-corrected chi connectivity index (χ2v) is 5.60. The van der Waals surface area contributed by atoms with E-state index in [1.165, 1.54) is 11.1 Å². The first-order valence-corrected chi connectivity index (χ1v) is 7.80. The van der Waals surface area contributed by atoms with Crippen LogP contribution in [0, 0.1) is 0 Å². The van der Waals surface area contributed by atoms with Crippen LogP contribution in [0.15, 0.2) is 18.2 Å². The van der Waals surface area contributed by atoms with Gasteiger partial charge in [-0.05, 0) is 55.4 Å². The Labute approximate surface area is 125 Å². The van der Waals surface area contributed by atoms with Crippen molar-refractivity contribution in [1.82, 2.24) is 5.32 Å². The Hall–Kier alpha value is -1.22. The van der Waals surface area contributed by atoms with Crippen LogP contribution in [0.4, 0.5) is 0 Å². The van der Waals surface area contributed by atoms with Crippen LogP contribution in [-0.2, 0) is 11.2 Å². The summed E-state index contributed by atoms with van der Waals surface area (Å²) >= 11 is 5.63. The van der Waals surface area contributed by atoms with Gasteiger partial charge in [-0.3, -0.25) is 4.79 Å². The van der Waals surface area contributed by atoms with Crippen LogP contribution in [0.5, 0.6) is 5.75 Å². The molecule has 0 heterocycles. The normalized spacial score (nSPS) is 17.4. The number of alkyl halides is 1. The number of carbonyl (C=O) groups is 1. The molecule has 0 saturated carbocycles. The van der Waals surface area contributed by atoms with E-state index in [-0.39, 0.29) is 11.9 Å². The van der Waals surface area contributed by atoms with Crippen LogP contribution in [0.1, 0.15) is 49.3 Å². The molecular weight excluding hydrogens is 274 g/mol. The van der Waals surface area contributed by atoms with E-state index in [0.717, 1.165) is 37.9 Å². The van der Waals surface area contributed by atoms with E-state index in [0.29, 0.717) is 12.3 Å². The van der Waals surface area contributed by atoms with Crippen molar-refractivity contribution < 1.29 is 9.53 Å².